The zero-order valence-electron chi connectivity index (χ0n) is 16.2. The Hall–Kier alpha value is -1.95. The summed E-state index contributed by atoms with van der Waals surface area (Å²) in [4.78, 5) is 19.7. The fourth-order valence-electron chi connectivity index (χ4n) is 3.92. The zero-order chi connectivity index (χ0) is 19.7. The number of likely N-dealkylation sites (tertiary alicyclic amines) is 1. The van der Waals surface area contributed by atoms with Crippen molar-refractivity contribution in [2.45, 2.75) is 32.6 Å². The number of hydrogen-bond donors (Lipinski definition) is 1. The van der Waals surface area contributed by atoms with E-state index in [1.165, 1.54) is 9.71 Å². The number of carbonyl (C=O) groups excluding carboxylic acids is 1. The van der Waals surface area contributed by atoms with Crippen molar-refractivity contribution in [1.82, 2.24) is 9.88 Å². The average molecular weight is 414 g/mol. The van der Waals surface area contributed by atoms with Gasteiger partial charge in [0.2, 0.25) is 5.91 Å². The van der Waals surface area contributed by atoms with Crippen molar-refractivity contribution in [3.05, 3.63) is 57.6 Å². The summed E-state index contributed by atoms with van der Waals surface area (Å²) in [5, 5.41) is 4.78. The quantitative estimate of drug-likeness (QED) is 0.624. The van der Waals surface area contributed by atoms with Gasteiger partial charge >= 0.3 is 0 Å². The third-order valence-electron chi connectivity index (χ3n) is 5.23. The Morgan fingerprint density at radius 2 is 2.14 bits per heavy atom. The van der Waals surface area contributed by atoms with Gasteiger partial charge in [0.15, 0.2) is 0 Å². The molecule has 1 aliphatic heterocycles. The minimum atomic E-state index is -0.0150. The number of aromatic nitrogens is 1. The number of halogens is 1. The van der Waals surface area contributed by atoms with E-state index in [0.717, 1.165) is 48.3 Å². The summed E-state index contributed by atoms with van der Waals surface area (Å²) in [5.41, 5.74) is 3.87. The molecule has 1 atom stereocenters. The van der Waals surface area contributed by atoms with Crippen LogP contribution in [0.2, 0.25) is 5.02 Å². The molecule has 0 radical (unpaired) electrons. The monoisotopic (exact) mass is 413 g/mol. The SMILES string of the molecule is Cc1cc(C)c(NC(=O)CN2CCC[C@H](c3nc4ccccc4s3)C2)c(Cl)c1. The number of hydrogen-bond acceptors (Lipinski definition) is 4. The molecule has 2 heterocycles. The van der Waals surface area contributed by atoms with E-state index in [9.17, 15) is 4.79 Å². The second kappa shape index (κ2) is 8.19. The Labute approximate surface area is 174 Å². The average Bonchev–Trinajstić information content (AvgIpc) is 3.09. The number of amides is 1. The topological polar surface area (TPSA) is 45.2 Å². The predicted molar refractivity (Wildman–Crippen MR) is 118 cm³/mol. The second-order valence-electron chi connectivity index (χ2n) is 7.58. The molecule has 1 aliphatic rings. The van der Waals surface area contributed by atoms with Gasteiger partial charge in [0.25, 0.3) is 0 Å². The van der Waals surface area contributed by atoms with Crippen molar-refractivity contribution in [3.8, 4) is 0 Å². The van der Waals surface area contributed by atoms with Crippen LogP contribution in [0.15, 0.2) is 36.4 Å². The van der Waals surface area contributed by atoms with Crippen LogP contribution < -0.4 is 5.32 Å². The number of nitrogens with zero attached hydrogens (tertiary/aromatic N) is 2. The highest BCUT2D eigenvalue weighted by molar-refractivity contribution is 7.18. The normalized spacial score (nSPS) is 17.8. The molecule has 1 fully saturated rings. The number of anilines is 1. The van der Waals surface area contributed by atoms with Crippen molar-refractivity contribution in [3.63, 3.8) is 0 Å². The highest BCUT2D eigenvalue weighted by Gasteiger charge is 2.25. The molecule has 3 aromatic rings. The Morgan fingerprint density at radius 3 is 2.93 bits per heavy atom. The first-order valence-corrected chi connectivity index (χ1v) is 10.8. The lowest BCUT2D eigenvalue weighted by Crippen LogP contribution is -2.39. The van der Waals surface area contributed by atoms with E-state index in [1.54, 1.807) is 11.3 Å². The number of carbonyl (C=O) groups is 1. The molecule has 0 aliphatic carbocycles. The zero-order valence-corrected chi connectivity index (χ0v) is 17.7. The molecule has 1 amide bonds. The van der Waals surface area contributed by atoms with E-state index < -0.39 is 0 Å². The summed E-state index contributed by atoms with van der Waals surface area (Å²) < 4.78 is 1.23. The van der Waals surface area contributed by atoms with Crippen LogP contribution in [0.25, 0.3) is 10.2 Å². The minimum absolute atomic E-state index is 0.0150. The van der Waals surface area contributed by atoms with Crippen LogP contribution >= 0.6 is 22.9 Å². The van der Waals surface area contributed by atoms with Crippen LogP contribution in [0.4, 0.5) is 5.69 Å². The highest BCUT2D eigenvalue weighted by Crippen LogP contribution is 2.33. The van der Waals surface area contributed by atoms with Gasteiger partial charge in [-0.3, -0.25) is 9.69 Å². The summed E-state index contributed by atoms with van der Waals surface area (Å²) in [5.74, 6) is 0.377. The smallest absolute Gasteiger partial charge is 0.238 e. The van der Waals surface area contributed by atoms with Gasteiger partial charge in [0.05, 0.1) is 32.5 Å². The Balaban J connectivity index is 1.41. The largest absolute Gasteiger partial charge is 0.323 e. The van der Waals surface area contributed by atoms with Gasteiger partial charge in [-0.2, -0.15) is 0 Å². The van der Waals surface area contributed by atoms with E-state index in [4.69, 9.17) is 16.6 Å². The van der Waals surface area contributed by atoms with Gasteiger partial charge in [-0.25, -0.2) is 4.98 Å². The van der Waals surface area contributed by atoms with Crippen LogP contribution in [-0.4, -0.2) is 35.4 Å². The fourth-order valence-corrected chi connectivity index (χ4v) is 5.38. The molecule has 4 rings (SSSR count). The summed E-state index contributed by atoms with van der Waals surface area (Å²) in [7, 11) is 0. The molecular formula is C22H24ClN3OS. The molecule has 1 saturated heterocycles. The molecule has 2 aromatic carbocycles. The van der Waals surface area contributed by atoms with Crippen LogP contribution in [0, 0.1) is 13.8 Å². The standard InChI is InChI=1S/C22H24ClN3OS/c1-14-10-15(2)21(17(23)11-14)25-20(27)13-26-9-5-6-16(12-26)22-24-18-7-3-4-8-19(18)28-22/h3-4,7-8,10-11,16H,5-6,9,12-13H2,1-2H3,(H,25,27)/t16-/m0/s1. The Kier molecular flexibility index (Phi) is 5.67. The molecule has 0 saturated carbocycles. The molecule has 4 nitrogen and oxygen atoms in total. The first kappa shape index (κ1) is 19.4. The van der Waals surface area contributed by atoms with Gasteiger partial charge < -0.3 is 5.32 Å². The van der Waals surface area contributed by atoms with Crippen molar-refractivity contribution in [2.24, 2.45) is 0 Å². The molecular weight excluding hydrogens is 390 g/mol. The third-order valence-corrected chi connectivity index (χ3v) is 6.73. The number of piperidine rings is 1. The van der Waals surface area contributed by atoms with E-state index in [2.05, 4.69) is 28.4 Å². The molecule has 1 N–H and O–H groups in total. The number of aryl methyl sites for hydroxylation is 2. The Bertz CT molecular complexity index is 960. The molecule has 6 heteroatoms. The lowest BCUT2D eigenvalue weighted by Gasteiger charge is -2.31. The first-order valence-electron chi connectivity index (χ1n) is 9.64. The lowest BCUT2D eigenvalue weighted by atomic mass is 9.99. The highest BCUT2D eigenvalue weighted by atomic mass is 35.5. The van der Waals surface area contributed by atoms with Crippen LogP contribution in [0.5, 0.6) is 0 Å². The Morgan fingerprint density at radius 1 is 1.32 bits per heavy atom. The van der Waals surface area contributed by atoms with Crippen LogP contribution in [0.3, 0.4) is 0 Å². The van der Waals surface area contributed by atoms with E-state index >= 15 is 0 Å². The van der Waals surface area contributed by atoms with Gasteiger partial charge in [0, 0.05) is 12.5 Å². The van der Waals surface area contributed by atoms with Crippen LogP contribution in [0.1, 0.15) is 34.9 Å². The van der Waals surface area contributed by atoms with Crippen molar-refractivity contribution < 1.29 is 4.79 Å². The summed E-state index contributed by atoms with van der Waals surface area (Å²) in [6.45, 7) is 6.16. The molecule has 0 bridgehead atoms. The lowest BCUT2D eigenvalue weighted by molar-refractivity contribution is -0.117. The molecule has 146 valence electrons. The molecule has 1 aromatic heterocycles. The number of fused-ring (bicyclic) bond motifs is 1. The maximum atomic E-state index is 12.6. The summed E-state index contributed by atoms with van der Waals surface area (Å²) >= 11 is 8.11. The minimum Gasteiger partial charge on any atom is -0.323 e. The van der Waals surface area contributed by atoms with Gasteiger partial charge in [-0.15, -0.1) is 11.3 Å². The number of rotatable bonds is 4. The number of benzene rings is 2. The second-order valence-corrected chi connectivity index (χ2v) is 9.05. The van der Waals surface area contributed by atoms with Crippen LogP contribution in [-0.2, 0) is 4.79 Å². The van der Waals surface area contributed by atoms with E-state index in [1.807, 2.05) is 32.0 Å². The van der Waals surface area contributed by atoms with Crippen molar-refractivity contribution in [1.29, 1.82) is 0 Å². The van der Waals surface area contributed by atoms with E-state index in [-0.39, 0.29) is 5.91 Å². The maximum absolute atomic E-state index is 12.6. The van der Waals surface area contributed by atoms with Crippen molar-refractivity contribution in [2.75, 3.05) is 25.0 Å². The van der Waals surface area contributed by atoms with E-state index in [0.29, 0.717) is 17.5 Å². The molecule has 0 spiro atoms. The maximum Gasteiger partial charge on any atom is 0.238 e. The van der Waals surface area contributed by atoms with Gasteiger partial charge in [-0.1, -0.05) is 29.8 Å². The van der Waals surface area contributed by atoms with Crippen molar-refractivity contribution >= 4 is 44.7 Å². The number of nitrogens with one attached hydrogen (secondary N) is 1. The molecule has 0 unspecified atom stereocenters. The fraction of sp³-hybridized carbons (Fsp3) is 0.364. The number of thiazole rings is 1. The van der Waals surface area contributed by atoms with Gasteiger partial charge in [-0.05, 0) is 62.6 Å². The third kappa shape index (κ3) is 4.22. The summed E-state index contributed by atoms with van der Waals surface area (Å²) in [6, 6.07) is 12.2. The first-order chi connectivity index (χ1) is 13.5. The number of para-hydroxylation sites is 1. The predicted octanol–water partition coefficient (Wildman–Crippen LogP) is 5.38. The summed E-state index contributed by atoms with van der Waals surface area (Å²) in [6.07, 6.45) is 2.21. The molecule has 28 heavy (non-hydrogen) atoms. The van der Waals surface area contributed by atoms with Gasteiger partial charge in [0.1, 0.15) is 0 Å².